The molecule has 0 unspecified atom stereocenters. The van der Waals surface area contributed by atoms with E-state index in [0.717, 1.165) is 46.3 Å². The highest BCUT2D eigenvalue weighted by atomic mass is 35.5. The number of alkyl halides is 1. The zero-order chi connectivity index (χ0) is 14.3. The van der Waals surface area contributed by atoms with Crippen LogP contribution in [0, 0.1) is 13.8 Å². The lowest BCUT2D eigenvalue weighted by molar-refractivity contribution is 0.352. The van der Waals surface area contributed by atoms with E-state index in [4.69, 9.17) is 27.9 Å². The van der Waals surface area contributed by atoms with E-state index in [1.807, 2.05) is 30.7 Å². The van der Waals surface area contributed by atoms with E-state index in [0.29, 0.717) is 12.4 Å². The van der Waals surface area contributed by atoms with Gasteiger partial charge in [-0.3, -0.25) is 4.68 Å². The van der Waals surface area contributed by atoms with Crippen molar-refractivity contribution < 1.29 is 4.74 Å². The number of aryl methyl sites for hydroxylation is 1. The number of hydrogen-bond acceptors (Lipinski definition) is 2. The van der Waals surface area contributed by atoms with Gasteiger partial charge in [0.2, 0.25) is 0 Å². The average Bonchev–Trinajstić information content (AvgIpc) is 2.95. The molecule has 0 saturated heterocycles. The van der Waals surface area contributed by atoms with E-state index in [9.17, 15) is 0 Å². The van der Waals surface area contributed by atoms with Crippen LogP contribution in [0.3, 0.4) is 0 Å². The van der Waals surface area contributed by atoms with E-state index in [-0.39, 0.29) is 0 Å². The van der Waals surface area contributed by atoms with Crippen molar-refractivity contribution in [2.75, 3.05) is 6.61 Å². The molecule has 1 aromatic carbocycles. The van der Waals surface area contributed by atoms with Gasteiger partial charge in [-0.25, -0.2) is 0 Å². The quantitative estimate of drug-likeness (QED) is 0.805. The SMILES string of the molecule is Cc1nn(Cc2cc(Cl)cc3c2OCC3)c(C)c1CCl. The van der Waals surface area contributed by atoms with Crippen LogP contribution in [0.15, 0.2) is 12.1 Å². The summed E-state index contributed by atoms with van der Waals surface area (Å²) in [7, 11) is 0. The van der Waals surface area contributed by atoms with Crippen molar-refractivity contribution in [1.82, 2.24) is 9.78 Å². The van der Waals surface area contributed by atoms with E-state index in [1.165, 1.54) is 5.56 Å². The molecular weight excluding hydrogens is 295 g/mol. The van der Waals surface area contributed by atoms with Crippen molar-refractivity contribution in [3.8, 4) is 5.75 Å². The standard InChI is InChI=1S/C15H16Cl2N2O/c1-9-14(7-16)10(2)19(18-9)8-12-6-13(17)5-11-3-4-20-15(11)12/h5-6H,3-4,7-8H2,1-2H3. The molecule has 2 heterocycles. The average molecular weight is 311 g/mol. The van der Waals surface area contributed by atoms with Gasteiger partial charge < -0.3 is 4.74 Å². The van der Waals surface area contributed by atoms with Gasteiger partial charge in [0.25, 0.3) is 0 Å². The lowest BCUT2D eigenvalue weighted by Gasteiger charge is -2.10. The fourth-order valence-electron chi connectivity index (χ4n) is 2.71. The summed E-state index contributed by atoms with van der Waals surface area (Å²) in [5, 5.41) is 5.32. The van der Waals surface area contributed by atoms with Crippen LogP contribution in [0.25, 0.3) is 0 Å². The highest BCUT2D eigenvalue weighted by Gasteiger charge is 2.19. The number of ether oxygens (including phenoxy) is 1. The number of hydrogen-bond donors (Lipinski definition) is 0. The van der Waals surface area contributed by atoms with E-state index < -0.39 is 0 Å². The first kappa shape index (κ1) is 13.8. The van der Waals surface area contributed by atoms with Gasteiger partial charge in [0.15, 0.2) is 0 Å². The summed E-state index contributed by atoms with van der Waals surface area (Å²) in [5.41, 5.74) is 5.45. The van der Waals surface area contributed by atoms with Gasteiger partial charge in [0, 0.05) is 28.3 Å². The Morgan fingerprint density at radius 3 is 2.85 bits per heavy atom. The number of halogens is 2. The smallest absolute Gasteiger partial charge is 0.127 e. The molecule has 3 rings (SSSR count). The molecule has 0 atom stereocenters. The molecule has 0 spiro atoms. The second-order valence-corrected chi connectivity index (χ2v) is 5.80. The van der Waals surface area contributed by atoms with Crippen LogP contribution < -0.4 is 4.74 Å². The summed E-state index contributed by atoms with van der Waals surface area (Å²) in [6.07, 6.45) is 0.924. The molecule has 106 valence electrons. The van der Waals surface area contributed by atoms with Crippen molar-refractivity contribution >= 4 is 23.2 Å². The fourth-order valence-corrected chi connectivity index (χ4v) is 3.36. The first-order valence-electron chi connectivity index (χ1n) is 6.63. The summed E-state index contributed by atoms with van der Waals surface area (Å²) >= 11 is 12.2. The second-order valence-electron chi connectivity index (χ2n) is 5.09. The molecule has 1 aromatic heterocycles. The monoisotopic (exact) mass is 310 g/mol. The number of fused-ring (bicyclic) bond motifs is 1. The number of rotatable bonds is 3. The normalized spacial score (nSPS) is 13.4. The van der Waals surface area contributed by atoms with Crippen LogP contribution in [0.4, 0.5) is 0 Å². The molecule has 5 heteroatoms. The Morgan fingerprint density at radius 1 is 1.35 bits per heavy atom. The van der Waals surface area contributed by atoms with Gasteiger partial charge in [-0.1, -0.05) is 11.6 Å². The third-order valence-corrected chi connectivity index (χ3v) is 4.30. The van der Waals surface area contributed by atoms with Gasteiger partial charge in [-0.05, 0) is 31.5 Å². The Kier molecular flexibility index (Phi) is 3.65. The molecule has 1 aliphatic rings. The molecule has 0 saturated carbocycles. The third-order valence-electron chi connectivity index (χ3n) is 3.81. The van der Waals surface area contributed by atoms with Crippen LogP contribution in [0.2, 0.25) is 5.02 Å². The van der Waals surface area contributed by atoms with Crippen LogP contribution in [-0.2, 0) is 18.8 Å². The zero-order valence-electron chi connectivity index (χ0n) is 11.5. The van der Waals surface area contributed by atoms with Crippen LogP contribution in [0.5, 0.6) is 5.75 Å². The Bertz CT molecular complexity index is 664. The van der Waals surface area contributed by atoms with E-state index in [1.54, 1.807) is 0 Å². The van der Waals surface area contributed by atoms with Gasteiger partial charge in [-0.15, -0.1) is 11.6 Å². The van der Waals surface area contributed by atoms with Crippen molar-refractivity contribution in [2.24, 2.45) is 0 Å². The molecule has 0 N–H and O–H groups in total. The van der Waals surface area contributed by atoms with Crippen molar-refractivity contribution in [2.45, 2.75) is 32.7 Å². The van der Waals surface area contributed by atoms with Gasteiger partial charge >= 0.3 is 0 Å². The van der Waals surface area contributed by atoms with E-state index in [2.05, 4.69) is 5.10 Å². The summed E-state index contributed by atoms with van der Waals surface area (Å²) in [6, 6.07) is 3.95. The molecular formula is C15H16Cl2N2O. The predicted molar refractivity (Wildman–Crippen MR) is 81.0 cm³/mol. The largest absolute Gasteiger partial charge is 0.493 e. The highest BCUT2D eigenvalue weighted by Crippen LogP contribution is 2.33. The number of benzene rings is 1. The maximum atomic E-state index is 6.19. The molecule has 20 heavy (non-hydrogen) atoms. The molecule has 3 nitrogen and oxygen atoms in total. The van der Waals surface area contributed by atoms with E-state index >= 15 is 0 Å². The van der Waals surface area contributed by atoms with Crippen molar-refractivity contribution in [1.29, 1.82) is 0 Å². The predicted octanol–water partition coefficient (Wildman–Crippen LogP) is 3.88. The molecule has 1 aliphatic heterocycles. The lowest BCUT2D eigenvalue weighted by atomic mass is 10.1. The Balaban J connectivity index is 2.00. The minimum atomic E-state index is 0.488. The van der Waals surface area contributed by atoms with Crippen LogP contribution >= 0.6 is 23.2 Å². The molecule has 0 aliphatic carbocycles. The molecule has 0 amide bonds. The second kappa shape index (κ2) is 5.30. The first-order chi connectivity index (χ1) is 9.60. The Morgan fingerprint density at radius 2 is 2.15 bits per heavy atom. The number of aromatic nitrogens is 2. The first-order valence-corrected chi connectivity index (χ1v) is 7.54. The number of nitrogens with zero attached hydrogens (tertiary/aromatic N) is 2. The van der Waals surface area contributed by atoms with Gasteiger partial charge in [0.1, 0.15) is 5.75 Å². The molecule has 2 aromatic rings. The Labute approximate surface area is 128 Å². The van der Waals surface area contributed by atoms with Crippen LogP contribution in [0.1, 0.15) is 28.1 Å². The highest BCUT2D eigenvalue weighted by molar-refractivity contribution is 6.30. The van der Waals surface area contributed by atoms with Gasteiger partial charge in [-0.2, -0.15) is 5.10 Å². The molecule has 0 fully saturated rings. The summed E-state index contributed by atoms with van der Waals surface area (Å²) in [4.78, 5) is 0. The Hall–Kier alpha value is -1.19. The van der Waals surface area contributed by atoms with Crippen LogP contribution in [-0.4, -0.2) is 16.4 Å². The minimum Gasteiger partial charge on any atom is -0.493 e. The van der Waals surface area contributed by atoms with Gasteiger partial charge in [0.05, 0.1) is 24.7 Å². The lowest BCUT2D eigenvalue weighted by Crippen LogP contribution is -2.06. The maximum Gasteiger partial charge on any atom is 0.127 e. The fraction of sp³-hybridized carbons (Fsp3) is 0.400. The molecule has 0 radical (unpaired) electrons. The summed E-state index contributed by atoms with van der Waals surface area (Å²) in [5.74, 6) is 1.45. The van der Waals surface area contributed by atoms with Crippen molar-refractivity contribution in [3.05, 3.63) is 45.2 Å². The van der Waals surface area contributed by atoms with Crippen molar-refractivity contribution in [3.63, 3.8) is 0 Å². The summed E-state index contributed by atoms with van der Waals surface area (Å²) < 4.78 is 7.71. The minimum absolute atomic E-state index is 0.488. The zero-order valence-corrected chi connectivity index (χ0v) is 13.1. The third kappa shape index (κ3) is 2.29. The maximum absolute atomic E-state index is 6.19. The summed E-state index contributed by atoms with van der Waals surface area (Å²) in [6.45, 7) is 5.42. The molecule has 0 bridgehead atoms. The topological polar surface area (TPSA) is 27.1 Å².